The number of hydrogen-bond donors (Lipinski definition) is 2. The van der Waals surface area contributed by atoms with E-state index in [0.29, 0.717) is 0 Å². The molecule has 1 aromatic carbocycles. The Bertz CT molecular complexity index is 448. The Kier molecular flexibility index (Phi) is 5.62. The Morgan fingerprint density at radius 3 is 2.75 bits per heavy atom. The van der Waals surface area contributed by atoms with Crippen molar-refractivity contribution in [2.24, 2.45) is 0 Å². The van der Waals surface area contributed by atoms with Crippen molar-refractivity contribution >= 4 is 5.69 Å². The van der Waals surface area contributed by atoms with Gasteiger partial charge in [0.25, 0.3) is 0 Å². The van der Waals surface area contributed by atoms with Crippen molar-refractivity contribution < 1.29 is 0 Å². The van der Waals surface area contributed by atoms with Gasteiger partial charge in [-0.25, -0.2) is 0 Å². The quantitative estimate of drug-likeness (QED) is 0.834. The third-order valence-electron chi connectivity index (χ3n) is 3.77. The highest BCUT2D eigenvalue weighted by molar-refractivity contribution is 5.55. The first-order chi connectivity index (χ1) is 9.69. The van der Waals surface area contributed by atoms with Crippen molar-refractivity contribution in [2.45, 2.75) is 33.2 Å². The van der Waals surface area contributed by atoms with E-state index in [0.717, 1.165) is 51.3 Å². The molecule has 2 N–H and O–H groups in total. The highest BCUT2D eigenvalue weighted by Crippen LogP contribution is 2.20. The van der Waals surface area contributed by atoms with Gasteiger partial charge >= 0.3 is 0 Å². The van der Waals surface area contributed by atoms with Gasteiger partial charge in [-0.2, -0.15) is 0 Å². The highest BCUT2D eigenvalue weighted by atomic mass is 15.2. The third kappa shape index (κ3) is 4.36. The molecule has 0 amide bonds. The van der Waals surface area contributed by atoms with Crippen LogP contribution in [0.25, 0.3) is 0 Å². The summed E-state index contributed by atoms with van der Waals surface area (Å²) in [4.78, 5) is 2.51. The Labute approximate surface area is 123 Å². The van der Waals surface area contributed by atoms with Crippen LogP contribution in [0.2, 0.25) is 0 Å². The summed E-state index contributed by atoms with van der Waals surface area (Å²) >= 11 is 0. The molecule has 0 atom stereocenters. The van der Waals surface area contributed by atoms with E-state index in [1.165, 1.54) is 16.8 Å². The van der Waals surface area contributed by atoms with Crippen LogP contribution >= 0.6 is 0 Å². The van der Waals surface area contributed by atoms with Gasteiger partial charge in [-0.15, -0.1) is 0 Å². The lowest BCUT2D eigenvalue weighted by atomic mass is 10.1. The van der Waals surface area contributed by atoms with Crippen LogP contribution in [-0.4, -0.2) is 31.1 Å². The number of benzene rings is 1. The van der Waals surface area contributed by atoms with Crippen molar-refractivity contribution in [1.29, 1.82) is 0 Å². The van der Waals surface area contributed by atoms with Crippen molar-refractivity contribution in [3.05, 3.63) is 41.6 Å². The largest absolute Gasteiger partial charge is 0.359 e. The minimum absolute atomic E-state index is 1.03. The van der Waals surface area contributed by atoms with E-state index in [2.05, 4.69) is 54.2 Å². The first kappa shape index (κ1) is 15.1. The summed E-state index contributed by atoms with van der Waals surface area (Å²) in [6.45, 7) is 14.0. The molecule has 1 saturated heterocycles. The van der Waals surface area contributed by atoms with Crippen molar-refractivity contribution in [1.82, 2.24) is 10.2 Å². The first-order valence-electron chi connectivity index (χ1n) is 7.66. The molecule has 0 aromatic heterocycles. The average Bonchev–Trinajstić information content (AvgIpc) is 2.43. The monoisotopic (exact) mass is 273 g/mol. The predicted octanol–water partition coefficient (Wildman–Crippen LogP) is 3.13. The van der Waals surface area contributed by atoms with Crippen molar-refractivity contribution in [3.63, 3.8) is 0 Å². The number of nitrogens with zero attached hydrogens (tertiary/aromatic N) is 1. The second-order valence-corrected chi connectivity index (χ2v) is 5.65. The number of aryl methyl sites for hydroxylation is 1. The summed E-state index contributed by atoms with van der Waals surface area (Å²) in [5, 5.41) is 6.82. The molecule has 110 valence electrons. The Morgan fingerprint density at radius 1 is 1.35 bits per heavy atom. The van der Waals surface area contributed by atoms with Crippen LogP contribution in [0, 0.1) is 6.92 Å². The summed E-state index contributed by atoms with van der Waals surface area (Å²) < 4.78 is 0. The maximum absolute atomic E-state index is 4.07. The lowest BCUT2D eigenvalue weighted by Crippen LogP contribution is -2.42. The Morgan fingerprint density at radius 2 is 2.10 bits per heavy atom. The molecule has 0 unspecified atom stereocenters. The second kappa shape index (κ2) is 7.46. The summed E-state index contributed by atoms with van der Waals surface area (Å²) in [5.41, 5.74) is 4.99. The first-order valence-corrected chi connectivity index (χ1v) is 7.66. The van der Waals surface area contributed by atoms with E-state index < -0.39 is 0 Å². The molecule has 1 heterocycles. The van der Waals surface area contributed by atoms with Gasteiger partial charge in [0.15, 0.2) is 0 Å². The normalized spacial score (nSPS) is 16.1. The van der Waals surface area contributed by atoms with E-state index in [9.17, 15) is 0 Å². The molecule has 1 aliphatic heterocycles. The molecule has 0 spiro atoms. The number of nitrogens with one attached hydrogen (secondary N) is 2. The highest BCUT2D eigenvalue weighted by Gasteiger charge is 2.10. The minimum Gasteiger partial charge on any atom is -0.359 e. The van der Waals surface area contributed by atoms with Gasteiger partial charge in [0.1, 0.15) is 0 Å². The van der Waals surface area contributed by atoms with Crippen LogP contribution in [0.15, 0.2) is 30.5 Å². The van der Waals surface area contributed by atoms with Crippen LogP contribution in [0.5, 0.6) is 0 Å². The second-order valence-electron chi connectivity index (χ2n) is 5.65. The zero-order valence-corrected chi connectivity index (χ0v) is 12.8. The summed E-state index contributed by atoms with van der Waals surface area (Å²) in [5.74, 6) is 0. The van der Waals surface area contributed by atoms with E-state index in [1.54, 1.807) is 0 Å². The fraction of sp³-hybridized carbons (Fsp3) is 0.529. The lowest BCUT2D eigenvalue weighted by molar-refractivity contribution is 0.233. The van der Waals surface area contributed by atoms with E-state index in [1.807, 2.05) is 0 Å². The zero-order chi connectivity index (χ0) is 14.4. The number of rotatable bonds is 6. The van der Waals surface area contributed by atoms with Crippen molar-refractivity contribution in [3.8, 4) is 0 Å². The SMILES string of the molecule is C=C(CCC)Nc1ccc(CN2CCNCC2)cc1C. The summed E-state index contributed by atoms with van der Waals surface area (Å²) in [7, 11) is 0. The molecular formula is C17H27N3. The summed E-state index contributed by atoms with van der Waals surface area (Å²) in [6, 6.07) is 6.72. The Balaban J connectivity index is 1.96. The molecular weight excluding hydrogens is 246 g/mol. The molecule has 1 aromatic rings. The molecule has 1 aliphatic rings. The average molecular weight is 273 g/mol. The van der Waals surface area contributed by atoms with Gasteiger partial charge < -0.3 is 10.6 Å². The maximum Gasteiger partial charge on any atom is 0.0411 e. The zero-order valence-electron chi connectivity index (χ0n) is 12.8. The van der Waals surface area contributed by atoms with Gasteiger partial charge in [0.2, 0.25) is 0 Å². The smallest absolute Gasteiger partial charge is 0.0411 e. The number of hydrogen-bond acceptors (Lipinski definition) is 3. The molecule has 2 rings (SSSR count). The van der Waals surface area contributed by atoms with Gasteiger partial charge in [-0.3, -0.25) is 4.90 Å². The molecule has 0 bridgehead atoms. The van der Waals surface area contributed by atoms with Crippen LogP contribution in [0.4, 0.5) is 5.69 Å². The lowest BCUT2D eigenvalue weighted by Gasteiger charge is -2.27. The number of piperazine rings is 1. The molecule has 3 heteroatoms. The maximum atomic E-state index is 4.07. The van der Waals surface area contributed by atoms with Gasteiger partial charge in [-0.1, -0.05) is 32.1 Å². The molecule has 0 aliphatic carbocycles. The van der Waals surface area contributed by atoms with Gasteiger partial charge in [0, 0.05) is 44.1 Å². The molecule has 20 heavy (non-hydrogen) atoms. The molecule has 1 fully saturated rings. The molecule has 3 nitrogen and oxygen atoms in total. The van der Waals surface area contributed by atoms with Gasteiger partial charge in [-0.05, 0) is 30.5 Å². The Hall–Kier alpha value is -1.32. The molecule has 0 radical (unpaired) electrons. The topological polar surface area (TPSA) is 27.3 Å². The third-order valence-corrected chi connectivity index (χ3v) is 3.77. The van der Waals surface area contributed by atoms with Crippen LogP contribution in [0.1, 0.15) is 30.9 Å². The van der Waals surface area contributed by atoms with E-state index >= 15 is 0 Å². The predicted molar refractivity (Wildman–Crippen MR) is 87.0 cm³/mol. The van der Waals surface area contributed by atoms with Crippen LogP contribution < -0.4 is 10.6 Å². The van der Waals surface area contributed by atoms with E-state index in [-0.39, 0.29) is 0 Å². The van der Waals surface area contributed by atoms with Crippen LogP contribution in [-0.2, 0) is 6.54 Å². The standard InChI is InChI=1S/C17H27N3/c1-4-5-15(3)19-17-7-6-16(12-14(17)2)13-20-10-8-18-9-11-20/h6-7,12,18-19H,3-5,8-11,13H2,1-2H3. The van der Waals surface area contributed by atoms with Crippen LogP contribution in [0.3, 0.4) is 0 Å². The number of anilines is 1. The fourth-order valence-electron chi connectivity index (χ4n) is 2.65. The summed E-state index contributed by atoms with van der Waals surface area (Å²) in [6.07, 6.45) is 2.16. The fourth-order valence-corrected chi connectivity index (χ4v) is 2.65. The van der Waals surface area contributed by atoms with Crippen molar-refractivity contribution in [2.75, 3.05) is 31.5 Å². The van der Waals surface area contributed by atoms with E-state index in [4.69, 9.17) is 0 Å². The molecule has 0 saturated carbocycles. The number of allylic oxidation sites excluding steroid dienone is 1. The minimum atomic E-state index is 1.03. The van der Waals surface area contributed by atoms with Gasteiger partial charge in [0.05, 0.1) is 0 Å².